The van der Waals surface area contributed by atoms with Crippen LogP contribution in [-0.2, 0) is 0 Å². The summed E-state index contributed by atoms with van der Waals surface area (Å²) in [5, 5.41) is 15.8. The number of nitrogens with one attached hydrogen (secondary N) is 2. The number of amides is 2. The minimum atomic E-state index is -0.433. The number of urea groups is 1. The van der Waals surface area contributed by atoms with Crippen LogP contribution >= 0.6 is 11.6 Å². The molecule has 128 valence electrons. The third-order valence-electron chi connectivity index (χ3n) is 4.10. The molecule has 1 fully saturated rings. The van der Waals surface area contributed by atoms with Crippen molar-refractivity contribution in [3.05, 3.63) is 34.9 Å². The Morgan fingerprint density at radius 1 is 1.35 bits per heavy atom. The van der Waals surface area contributed by atoms with Crippen LogP contribution in [0.2, 0.25) is 5.02 Å². The molecule has 1 saturated carbocycles. The largest absolute Gasteiger partial charge is 0.394 e. The van der Waals surface area contributed by atoms with E-state index in [0.717, 1.165) is 12.1 Å². The molecule has 0 saturated heterocycles. The second kappa shape index (κ2) is 8.52. The first-order valence-electron chi connectivity index (χ1n) is 8.17. The first-order valence-corrected chi connectivity index (χ1v) is 8.55. The van der Waals surface area contributed by atoms with Gasteiger partial charge in [0.1, 0.15) is 0 Å². The Hall–Kier alpha value is -1.30. The molecule has 0 heterocycles. The lowest BCUT2D eigenvalue weighted by molar-refractivity contribution is 0.201. The molecule has 1 aliphatic rings. The highest BCUT2D eigenvalue weighted by Gasteiger charge is 2.30. The molecule has 1 aromatic rings. The van der Waals surface area contributed by atoms with Gasteiger partial charge in [-0.3, -0.25) is 4.90 Å². The molecule has 2 rings (SSSR count). The number of nitrogens with zero attached hydrogens (tertiary/aromatic N) is 1. The molecule has 5 nitrogen and oxygen atoms in total. The van der Waals surface area contributed by atoms with E-state index in [4.69, 9.17) is 11.6 Å². The fraction of sp³-hybridized carbons (Fsp3) is 0.588. The minimum absolute atomic E-state index is 0.157. The lowest BCUT2D eigenvalue weighted by Crippen LogP contribution is -2.44. The van der Waals surface area contributed by atoms with Crippen LogP contribution in [0, 0.1) is 0 Å². The Morgan fingerprint density at radius 2 is 2.00 bits per heavy atom. The molecule has 0 spiro atoms. The van der Waals surface area contributed by atoms with Gasteiger partial charge in [-0.25, -0.2) is 4.79 Å². The van der Waals surface area contributed by atoms with Crippen molar-refractivity contribution >= 4 is 17.6 Å². The van der Waals surface area contributed by atoms with E-state index in [1.54, 1.807) is 24.3 Å². The summed E-state index contributed by atoms with van der Waals surface area (Å²) < 4.78 is 0. The quantitative estimate of drug-likeness (QED) is 0.682. The monoisotopic (exact) mass is 339 g/mol. The summed E-state index contributed by atoms with van der Waals surface area (Å²) in [5.74, 6) is 0. The molecule has 23 heavy (non-hydrogen) atoms. The summed E-state index contributed by atoms with van der Waals surface area (Å²) >= 11 is 5.85. The molecule has 1 aliphatic carbocycles. The zero-order valence-corrected chi connectivity index (χ0v) is 14.5. The van der Waals surface area contributed by atoms with Gasteiger partial charge in [0.2, 0.25) is 0 Å². The molecule has 0 aromatic heterocycles. The van der Waals surface area contributed by atoms with Gasteiger partial charge in [0.15, 0.2) is 0 Å². The van der Waals surface area contributed by atoms with Crippen LogP contribution in [0.5, 0.6) is 0 Å². The van der Waals surface area contributed by atoms with E-state index in [1.165, 1.54) is 12.8 Å². The van der Waals surface area contributed by atoms with E-state index in [0.29, 0.717) is 23.7 Å². The fourth-order valence-electron chi connectivity index (χ4n) is 2.71. The molecule has 1 aromatic carbocycles. The summed E-state index contributed by atoms with van der Waals surface area (Å²) in [6.45, 7) is 5.65. The average Bonchev–Trinajstić information content (AvgIpc) is 3.34. The van der Waals surface area contributed by atoms with Crippen LogP contribution in [0.3, 0.4) is 0 Å². The minimum Gasteiger partial charge on any atom is -0.394 e. The van der Waals surface area contributed by atoms with Gasteiger partial charge in [-0.15, -0.1) is 0 Å². The summed E-state index contributed by atoms with van der Waals surface area (Å²) in [6, 6.07) is 7.57. The van der Waals surface area contributed by atoms with Crippen LogP contribution < -0.4 is 10.6 Å². The van der Waals surface area contributed by atoms with Crippen molar-refractivity contribution in [1.82, 2.24) is 15.5 Å². The van der Waals surface area contributed by atoms with E-state index < -0.39 is 6.04 Å². The van der Waals surface area contributed by atoms with Gasteiger partial charge in [-0.05, 0) is 44.4 Å². The number of hydrogen-bond acceptors (Lipinski definition) is 3. The maximum Gasteiger partial charge on any atom is 0.315 e. The maximum absolute atomic E-state index is 12.0. The molecular weight excluding hydrogens is 314 g/mol. The predicted molar refractivity (Wildman–Crippen MR) is 92.7 cm³/mol. The number of aliphatic hydroxyl groups excluding tert-OH is 1. The van der Waals surface area contributed by atoms with Gasteiger partial charge in [-0.1, -0.05) is 23.7 Å². The van der Waals surface area contributed by atoms with Crippen LogP contribution in [0.4, 0.5) is 4.79 Å². The van der Waals surface area contributed by atoms with Gasteiger partial charge in [0.25, 0.3) is 0 Å². The Kier molecular flexibility index (Phi) is 6.69. The number of benzene rings is 1. The number of halogens is 1. The first-order chi connectivity index (χ1) is 11.0. The highest BCUT2D eigenvalue weighted by Crippen LogP contribution is 2.27. The summed E-state index contributed by atoms with van der Waals surface area (Å²) in [6.07, 6.45) is 2.51. The molecule has 0 aliphatic heterocycles. The highest BCUT2D eigenvalue weighted by molar-refractivity contribution is 6.30. The molecule has 0 bridgehead atoms. The Bertz CT molecular complexity index is 501. The number of hydrogen-bond donors (Lipinski definition) is 3. The summed E-state index contributed by atoms with van der Waals surface area (Å²) in [4.78, 5) is 14.4. The normalized spacial score (nSPS) is 15.7. The smallest absolute Gasteiger partial charge is 0.315 e. The van der Waals surface area contributed by atoms with E-state index in [2.05, 4.69) is 29.4 Å². The predicted octanol–water partition coefficient (Wildman–Crippen LogP) is 2.55. The topological polar surface area (TPSA) is 64.6 Å². The van der Waals surface area contributed by atoms with Crippen LogP contribution in [-0.4, -0.2) is 47.8 Å². The van der Waals surface area contributed by atoms with Crippen molar-refractivity contribution in [3.63, 3.8) is 0 Å². The van der Waals surface area contributed by atoms with E-state index >= 15 is 0 Å². The van der Waals surface area contributed by atoms with Gasteiger partial charge in [0.05, 0.1) is 12.6 Å². The lowest BCUT2D eigenvalue weighted by atomic mass is 10.1. The number of carbonyl (C=O) groups is 1. The molecule has 1 atom stereocenters. The van der Waals surface area contributed by atoms with E-state index in [9.17, 15) is 9.90 Å². The molecular formula is C17H26ClN3O2. The number of carbonyl (C=O) groups excluding carboxylic acids is 1. The van der Waals surface area contributed by atoms with E-state index in [-0.39, 0.29) is 12.6 Å². The van der Waals surface area contributed by atoms with Crippen molar-refractivity contribution in [2.75, 3.05) is 19.7 Å². The maximum atomic E-state index is 12.0. The van der Waals surface area contributed by atoms with Gasteiger partial charge in [0, 0.05) is 30.2 Å². The highest BCUT2D eigenvalue weighted by atomic mass is 35.5. The van der Waals surface area contributed by atoms with Crippen molar-refractivity contribution in [1.29, 1.82) is 0 Å². The second-order valence-electron chi connectivity index (χ2n) is 6.25. The second-order valence-corrected chi connectivity index (χ2v) is 6.69. The number of aliphatic hydroxyl groups is 1. The first kappa shape index (κ1) is 18.0. The van der Waals surface area contributed by atoms with Crippen LogP contribution in [0.15, 0.2) is 24.3 Å². The van der Waals surface area contributed by atoms with Gasteiger partial charge >= 0.3 is 6.03 Å². The van der Waals surface area contributed by atoms with Crippen LogP contribution in [0.25, 0.3) is 0 Å². The summed E-state index contributed by atoms with van der Waals surface area (Å²) in [5.41, 5.74) is 0.828. The van der Waals surface area contributed by atoms with E-state index in [1.807, 2.05) is 0 Å². The third kappa shape index (κ3) is 5.68. The molecule has 2 amide bonds. The summed E-state index contributed by atoms with van der Waals surface area (Å²) in [7, 11) is 0. The Balaban J connectivity index is 1.77. The zero-order valence-electron chi connectivity index (χ0n) is 13.8. The fourth-order valence-corrected chi connectivity index (χ4v) is 2.83. The Labute approximate surface area is 143 Å². The van der Waals surface area contributed by atoms with Crippen molar-refractivity contribution in [2.24, 2.45) is 0 Å². The zero-order chi connectivity index (χ0) is 16.8. The number of rotatable bonds is 8. The molecule has 0 radical (unpaired) electrons. The average molecular weight is 340 g/mol. The van der Waals surface area contributed by atoms with Crippen molar-refractivity contribution in [3.8, 4) is 0 Å². The van der Waals surface area contributed by atoms with Crippen molar-refractivity contribution < 1.29 is 9.90 Å². The SMILES string of the molecule is CC(C)N(CCNC(=O)NC(CO)c1ccc(Cl)cc1)C1CC1. The Morgan fingerprint density at radius 3 is 2.52 bits per heavy atom. The third-order valence-corrected chi connectivity index (χ3v) is 4.35. The molecule has 3 N–H and O–H groups in total. The van der Waals surface area contributed by atoms with Gasteiger partial charge in [-0.2, -0.15) is 0 Å². The standard InChI is InChI=1S/C17H26ClN3O2/c1-12(2)21(15-7-8-15)10-9-19-17(23)20-16(11-22)13-3-5-14(18)6-4-13/h3-6,12,15-16,22H,7-11H2,1-2H3,(H2,19,20,23). The molecule has 6 heteroatoms. The van der Waals surface area contributed by atoms with Crippen molar-refractivity contribution in [2.45, 2.75) is 44.8 Å². The molecule has 1 unspecified atom stereocenters. The lowest BCUT2D eigenvalue weighted by Gasteiger charge is -2.26. The van der Waals surface area contributed by atoms with Crippen LogP contribution in [0.1, 0.15) is 38.3 Å². The van der Waals surface area contributed by atoms with Gasteiger partial charge < -0.3 is 15.7 Å².